The summed E-state index contributed by atoms with van der Waals surface area (Å²) >= 11 is 0. The van der Waals surface area contributed by atoms with E-state index in [1.54, 1.807) is 12.1 Å². The van der Waals surface area contributed by atoms with Crippen molar-refractivity contribution in [3.8, 4) is 11.5 Å². The fourth-order valence-corrected chi connectivity index (χ4v) is 1.99. The normalized spacial score (nSPS) is 10.9. The van der Waals surface area contributed by atoms with Crippen molar-refractivity contribution in [2.45, 2.75) is 45.4 Å². The van der Waals surface area contributed by atoms with Crippen molar-refractivity contribution in [3.05, 3.63) is 29.8 Å². The number of rotatable bonds is 9. The minimum atomic E-state index is -0.190. The standard InChI is InChI=1S/C17H25NO3/c1-2-3-4-5-6-7-12-18-17(21)11-9-14-8-10-15(19)16(20)13-14/h8-11,13,19-20H,2-7,12H2,1H3,(H,18,21)/b11-9+. The Morgan fingerprint density at radius 1 is 1.10 bits per heavy atom. The molecule has 0 atom stereocenters. The summed E-state index contributed by atoms with van der Waals surface area (Å²) in [6.07, 6.45) is 10.2. The molecule has 4 nitrogen and oxygen atoms in total. The van der Waals surface area contributed by atoms with Crippen molar-refractivity contribution in [3.63, 3.8) is 0 Å². The number of hydrogen-bond acceptors (Lipinski definition) is 3. The van der Waals surface area contributed by atoms with Crippen LogP contribution in [-0.4, -0.2) is 22.7 Å². The molecular formula is C17H25NO3. The molecule has 0 saturated carbocycles. The smallest absolute Gasteiger partial charge is 0.243 e. The molecule has 0 unspecified atom stereocenters. The van der Waals surface area contributed by atoms with Crippen LogP contribution >= 0.6 is 0 Å². The molecule has 0 heterocycles. The highest BCUT2D eigenvalue weighted by Gasteiger charge is 1.99. The number of unbranched alkanes of at least 4 members (excludes halogenated alkanes) is 5. The summed E-state index contributed by atoms with van der Waals surface area (Å²) in [6.45, 7) is 2.89. The highest BCUT2D eigenvalue weighted by Crippen LogP contribution is 2.25. The lowest BCUT2D eigenvalue weighted by atomic mass is 10.1. The van der Waals surface area contributed by atoms with E-state index in [0.717, 1.165) is 12.8 Å². The highest BCUT2D eigenvalue weighted by molar-refractivity contribution is 5.91. The number of hydrogen-bond donors (Lipinski definition) is 3. The van der Waals surface area contributed by atoms with Gasteiger partial charge in [0.1, 0.15) is 0 Å². The SMILES string of the molecule is CCCCCCCCNC(=O)/C=C/c1ccc(O)c(O)c1. The Hall–Kier alpha value is -1.97. The maximum Gasteiger partial charge on any atom is 0.243 e. The van der Waals surface area contributed by atoms with Crippen LogP contribution in [0.1, 0.15) is 51.0 Å². The lowest BCUT2D eigenvalue weighted by Gasteiger charge is -2.02. The monoisotopic (exact) mass is 291 g/mol. The second kappa shape index (κ2) is 9.86. The summed E-state index contributed by atoms with van der Waals surface area (Å²) in [6, 6.07) is 4.43. The van der Waals surface area contributed by atoms with E-state index in [1.807, 2.05) is 0 Å². The Morgan fingerprint density at radius 3 is 2.52 bits per heavy atom. The number of nitrogens with one attached hydrogen (secondary N) is 1. The van der Waals surface area contributed by atoms with Gasteiger partial charge in [0.2, 0.25) is 5.91 Å². The molecule has 0 fully saturated rings. The van der Waals surface area contributed by atoms with Crippen LogP contribution in [0.15, 0.2) is 24.3 Å². The number of phenols is 2. The molecule has 0 aliphatic carbocycles. The minimum Gasteiger partial charge on any atom is -0.504 e. The lowest BCUT2D eigenvalue weighted by molar-refractivity contribution is -0.116. The van der Waals surface area contributed by atoms with Gasteiger partial charge in [0.15, 0.2) is 11.5 Å². The zero-order valence-electron chi connectivity index (χ0n) is 12.6. The van der Waals surface area contributed by atoms with Gasteiger partial charge in [-0.15, -0.1) is 0 Å². The number of carbonyl (C=O) groups excluding carboxylic acids is 1. The van der Waals surface area contributed by atoms with E-state index < -0.39 is 0 Å². The van der Waals surface area contributed by atoms with Crippen LogP contribution in [0.25, 0.3) is 6.08 Å². The molecule has 3 N–H and O–H groups in total. The summed E-state index contributed by atoms with van der Waals surface area (Å²) in [5, 5.41) is 21.4. The Kier molecular flexibility index (Phi) is 8.02. The Morgan fingerprint density at radius 2 is 1.81 bits per heavy atom. The van der Waals surface area contributed by atoms with E-state index >= 15 is 0 Å². The first kappa shape index (κ1) is 17.1. The van der Waals surface area contributed by atoms with Gasteiger partial charge in [-0.3, -0.25) is 4.79 Å². The zero-order chi connectivity index (χ0) is 15.5. The van der Waals surface area contributed by atoms with Crippen LogP contribution in [0.3, 0.4) is 0 Å². The molecule has 0 spiro atoms. The van der Waals surface area contributed by atoms with Gasteiger partial charge in [-0.25, -0.2) is 0 Å². The van der Waals surface area contributed by atoms with E-state index in [4.69, 9.17) is 0 Å². The van der Waals surface area contributed by atoms with Crippen LogP contribution in [0.4, 0.5) is 0 Å². The first-order chi connectivity index (χ1) is 10.1. The summed E-state index contributed by atoms with van der Waals surface area (Å²) in [5.74, 6) is -0.500. The fraction of sp³-hybridized carbons (Fsp3) is 0.471. The molecule has 1 rings (SSSR count). The van der Waals surface area contributed by atoms with Crippen molar-refractivity contribution in [2.24, 2.45) is 0 Å². The average Bonchev–Trinajstić information content (AvgIpc) is 2.47. The molecule has 21 heavy (non-hydrogen) atoms. The molecule has 1 amide bonds. The number of benzene rings is 1. The summed E-state index contributed by atoms with van der Waals surface area (Å²) in [4.78, 5) is 11.6. The van der Waals surface area contributed by atoms with Gasteiger partial charge >= 0.3 is 0 Å². The largest absolute Gasteiger partial charge is 0.504 e. The molecule has 0 aliphatic heterocycles. The van der Waals surface area contributed by atoms with Gasteiger partial charge < -0.3 is 15.5 Å². The van der Waals surface area contributed by atoms with Gasteiger partial charge in [-0.1, -0.05) is 45.1 Å². The maximum atomic E-state index is 11.6. The second-order valence-corrected chi connectivity index (χ2v) is 5.14. The van der Waals surface area contributed by atoms with E-state index in [9.17, 15) is 15.0 Å². The molecule has 0 saturated heterocycles. The van der Waals surface area contributed by atoms with E-state index in [2.05, 4.69) is 12.2 Å². The first-order valence-corrected chi connectivity index (χ1v) is 7.61. The van der Waals surface area contributed by atoms with E-state index in [-0.39, 0.29) is 17.4 Å². The fourth-order valence-electron chi connectivity index (χ4n) is 1.99. The molecule has 0 bridgehead atoms. The van der Waals surface area contributed by atoms with E-state index in [0.29, 0.717) is 12.1 Å². The van der Waals surface area contributed by atoms with Crippen molar-refractivity contribution < 1.29 is 15.0 Å². The number of amides is 1. The topological polar surface area (TPSA) is 69.6 Å². The minimum absolute atomic E-state index is 0.142. The van der Waals surface area contributed by atoms with Crippen molar-refractivity contribution in [2.75, 3.05) is 6.54 Å². The third kappa shape index (κ3) is 7.40. The summed E-state index contributed by atoms with van der Waals surface area (Å²) in [7, 11) is 0. The van der Waals surface area contributed by atoms with Crippen molar-refractivity contribution >= 4 is 12.0 Å². The lowest BCUT2D eigenvalue weighted by Crippen LogP contribution is -2.21. The molecule has 1 aromatic rings. The quantitative estimate of drug-likeness (QED) is 0.370. The maximum absolute atomic E-state index is 11.6. The van der Waals surface area contributed by atoms with Gasteiger partial charge in [0.25, 0.3) is 0 Å². The number of phenolic OH excluding ortho intramolecular Hbond substituents is 2. The summed E-state index contributed by atoms with van der Waals surface area (Å²) in [5.41, 5.74) is 0.667. The molecular weight excluding hydrogens is 266 g/mol. The third-order valence-corrected chi connectivity index (χ3v) is 3.26. The van der Waals surface area contributed by atoms with Gasteiger partial charge in [0, 0.05) is 12.6 Å². The first-order valence-electron chi connectivity index (χ1n) is 7.61. The number of carbonyl (C=O) groups is 1. The predicted molar refractivity (Wildman–Crippen MR) is 85.2 cm³/mol. The highest BCUT2D eigenvalue weighted by atomic mass is 16.3. The Balaban J connectivity index is 2.21. The van der Waals surface area contributed by atoms with Crippen LogP contribution in [0, 0.1) is 0 Å². The predicted octanol–water partition coefficient (Wildman–Crippen LogP) is 3.59. The molecule has 0 radical (unpaired) electrons. The van der Waals surface area contributed by atoms with E-state index in [1.165, 1.54) is 43.9 Å². The van der Waals surface area contributed by atoms with Crippen LogP contribution in [0.2, 0.25) is 0 Å². The summed E-state index contributed by atoms with van der Waals surface area (Å²) < 4.78 is 0. The Labute approximate surface area is 126 Å². The molecule has 0 aliphatic rings. The Bertz CT molecular complexity index is 469. The zero-order valence-corrected chi connectivity index (χ0v) is 12.6. The van der Waals surface area contributed by atoms with Crippen LogP contribution in [-0.2, 0) is 4.79 Å². The van der Waals surface area contributed by atoms with Crippen molar-refractivity contribution in [1.82, 2.24) is 5.32 Å². The van der Waals surface area contributed by atoms with Gasteiger partial charge in [0.05, 0.1) is 0 Å². The molecule has 1 aromatic carbocycles. The molecule has 116 valence electrons. The van der Waals surface area contributed by atoms with Crippen LogP contribution in [0.5, 0.6) is 11.5 Å². The second-order valence-electron chi connectivity index (χ2n) is 5.14. The van der Waals surface area contributed by atoms with Crippen molar-refractivity contribution in [1.29, 1.82) is 0 Å². The number of aromatic hydroxyl groups is 2. The third-order valence-electron chi connectivity index (χ3n) is 3.26. The van der Waals surface area contributed by atoms with Gasteiger partial charge in [-0.05, 0) is 30.2 Å². The van der Waals surface area contributed by atoms with Gasteiger partial charge in [-0.2, -0.15) is 0 Å². The average molecular weight is 291 g/mol. The molecule has 0 aromatic heterocycles. The van der Waals surface area contributed by atoms with Crippen LogP contribution < -0.4 is 5.32 Å². The molecule has 4 heteroatoms.